The lowest BCUT2D eigenvalue weighted by atomic mass is 9.83. The van der Waals surface area contributed by atoms with Gasteiger partial charge in [-0.25, -0.2) is 9.59 Å². The highest BCUT2D eigenvalue weighted by molar-refractivity contribution is 5.91. The Hall–Kier alpha value is -3.06. The Bertz CT molecular complexity index is 859. The third-order valence-electron chi connectivity index (χ3n) is 5.56. The molecule has 0 radical (unpaired) electrons. The molecule has 2 N–H and O–H groups in total. The molecule has 1 amide bonds. The van der Waals surface area contributed by atoms with Gasteiger partial charge in [0.25, 0.3) is 0 Å². The monoisotopic (exact) mass is 427 g/mol. The van der Waals surface area contributed by atoms with E-state index in [2.05, 4.69) is 5.32 Å². The van der Waals surface area contributed by atoms with Gasteiger partial charge in [-0.05, 0) is 61.3 Å². The molecule has 3 rings (SSSR count). The van der Waals surface area contributed by atoms with Gasteiger partial charge >= 0.3 is 12.1 Å². The van der Waals surface area contributed by atoms with Crippen LogP contribution < -0.4 is 10.1 Å². The summed E-state index contributed by atoms with van der Waals surface area (Å²) in [6.07, 6.45) is 3.33. The number of carbonyl (C=O) groups is 2. The smallest absolute Gasteiger partial charge is 0.411 e. The van der Waals surface area contributed by atoms with Crippen molar-refractivity contribution in [3.8, 4) is 16.9 Å². The summed E-state index contributed by atoms with van der Waals surface area (Å²) < 4.78 is 15.9. The van der Waals surface area contributed by atoms with Crippen LogP contribution in [0.4, 0.5) is 10.5 Å². The number of carbonyl (C=O) groups excluding carboxylic acids is 1. The molecule has 0 aliphatic heterocycles. The molecule has 1 aliphatic rings. The van der Waals surface area contributed by atoms with Crippen LogP contribution in [0.3, 0.4) is 0 Å². The highest BCUT2D eigenvalue weighted by atomic mass is 16.5. The van der Waals surface area contributed by atoms with Gasteiger partial charge in [0.15, 0.2) is 0 Å². The minimum Gasteiger partial charge on any atom is -0.497 e. The van der Waals surface area contributed by atoms with Gasteiger partial charge in [-0.15, -0.1) is 0 Å². The predicted octanol–water partition coefficient (Wildman–Crippen LogP) is 4.82. The van der Waals surface area contributed by atoms with Crippen LogP contribution in [-0.2, 0) is 14.3 Å². The van der Waals surface area contributed by atoms with Crippen LogP contribution in [0.5, 0.6) is 5.75 Å². The van der Waals surface area contributed by atoms with E-state index >= 15 is 0 Å². The Morgan fingerprint density at radius 3 is 2.26 bits per heavy atom. The SMILES string of the molecule is COc1ccc(-c2ccccc2NC(=O)OC[C@H]2CC[C@H](COCC(=O)O)CC2)cc1. The molecule has 1 aliphatic carbocycles. The molecule has 2 aromatic carbocycles. The second-order valence-electron chi connectivity index (χ2n) is 7.79. The number of methoxy groups -OCH3 is 1. The van der Waals surface area contributed by atoms with Crippen molar-refractivity contribution >= 4 is 17.7 Å². The largest absolute Gasteiger partial charge is 0.497 e. The fraction of sp³-hybridized carbons (Fsp3) is 0.417. The molecule has 166 valence electrons. The standard InChI is InChI=1S/C24H29NO6/c1-29-20-12-10-19(11-13-20)21-4-2-3-5-22(21)25-24(28)31-15-18-8-6-17(7-9-18)14-30-16-23(26)27/h2-5,10-13,17-18H,6-9,14-16H2,1H3,(H,25,28)(H,26,27)/t17-,18-. The van der Waals surface area contributed by atoms with Crippen molar-refractivity contribution in [1.82, 2.24) is 0 Å². The van der Waals surface area contributed by atoms with Gasteiger partial charge < -0.3 is 19.3 Å². The Labute approximate surface area is 182 Å². The summed E-state index contributed by atoms with van der Waals surface area (Å²) in [5, 5.41) is 11.5. The number of para-hydroxylation sites is 1. The van der Waals surface area contributed by atoms with Crippen LogP contribution in [0, 0.1) is 11.8 Å². The average molecular weight is 427 g/mol. The first kappa shape index (κ1) is 22.6. The van der Waals surface area contributed by atoms with Gasteiger partial charge in [0, 0.05) is 5.56 Å². The number of carboxylic acids is 1. The molecule has 7 heteroatoms. The van der Waals surface area contributed by atoms with Crippen LogP contribution in [0.25, 0.3) is 11.1 Å². The fourth-order valence-corrected chi connectivity index (χ4v) is 3.83. The number of nitrogens with one attached hydrogen (secondary N) is 1. The Morgan fingerprint density at radius 1 is 0.968 bits per heavy atom. The summed E-state index contributed by atoms with van der Waals surface area (Å²) in [5.41, 5.74) is 2.57. The van der Waals surface area contributed by atoms with E-state index in [1.807, 2.05) is 48.5 Å². The van der Waals surface area contributed by atoms with Crippen LogP contribution >= 0.6 is 0 Å². The maximum absolute atomic E-state index is 12.4. The quantitative estimate of drug-likeness (QED) is 0.596. The Balaban J connectivity index is 1.46. The lowest BCUT2D eigenvalue weighted by Crippen LogP contribution is -2.25. The Morgan fingerprint density at radius 2 is 1.61 bits per heavy atom. The number of carboxylic acid groups (broad SMARTS) is 1. The van der Waals surface area contributed by atoms with Gasteiger partial charge in [-0.3, -0.25) is 5.32 Å². The van der Waals surface area contributed by atoms with Gasteiger partial charge in [-0.1, -0.05) is 30.3 Å². The lowest BCUT2D eigenvalue weighted by Gasteiger charge is -2.27. The van der Waals surface area contributed by atoms with Gasteiger partial charge in [0.2, 0.25) is 0 Å². The Kier molecular flexibility index (Phi) is 8.29. The van der Waals surface area contributed by atoms with E-state index in [0.717, 1.165) is 42.6 Å². The molecule has 0 saturated heterocycles. The number of aliphatic carboxylic acids is 1. The molecule has 1 fully saturated rings. The molecular formula is C24H29NO6. The van der Waals surface area contributed by atoms with Crippen LogP contribution in [0.2, 0.25) is 0 Å². The summed E-state index contributed by atoms with van der Waals surface area (Å²) in [6, 6.07) is 15.3. The third kappa shape index (κ3) is 7.00. The van der Waals surface area contributed by atoms with Gasteiger partial charge in [0.1, 0.15) is 12.4 Å². The van der Waals surface area contributed by atoms with Crippen molar-refractivity contribution in [1.29, 1.82) is 0 Å². The van der Waals surface area contributed by atoms with E-state index in [1.54, 1.807) is 7.11 Å². The first-order valence-electron chi connectivity index (χ1n) is 10.5. The maximum Gasteiger partial charge on any atom is 0.411 e. The van der Waals surface area contributed by atoms with Crippen molar-refractivity contribution in [3.05, 3.63) is 48.5 Å². The van der Waals surface area contributed by atoms with E-state index < -0.39 is 12.1 Å². The number of amides is 1. The van der Waals surface area contributed by atoms with E-state index in [-0.39, 0.29) is 6.61 Å². The molecule has 0 unspecified atom stereocenters. The first-order valence-corrected chi connectivity index (χ1v) is 10.5. The number of benzene rings is 2. The molecule has 2 aromatic rings. The average Bonchev–Trinajstić information content (AvgIpc) is 2.79. The summed E-state index contributed by atoms with van der Waals surface area (Å²) >= 11 is 0. The van der Waals surface area contributed by atoms with Crippen molar-refractivity contribution in [2.45, 2.75) is 25.7 Å². The second kappa shape index (κ2) is 11.4. The summed E-state index contributed by atoms with van der Waals surface area (Å²) in [5.74, 6) is 0.525. The van der Waals surface area contributed by atoms with Crippen molar-refractivity contribution in [3.63, 3.8) is 0 Å². The van der Waals surface area contributed by atoms with Crippen LogP contribution in [0.1, 0.15) is 25.7 Å². The number of hydrogen-bond acceptors (Lipinski definition) is 5. The van der Waals surface area contributed by atoms with Gasteiger partial charge in [0.05, 0.1) is 26.0 Å². The summed E-state index contributed by atoms with van der Waals surface area (Å²) in [7, 11) is 1.63. The maximum atomic E-state index is 12.4. The fourth-order valence-electron chi connectivity index (χ4n) is 3.83. The number of rotatable bonds is 9. The molecule has 1 saturated carbocycles. The van der Waals surface area contributed by atoms with E-state index in [9.17, 15) is 9.59 Å². The zero-order valence-corrected chi connectivity index (χ0v) is 17.7. The van der Waals surface area contributed by atoms with E-state index in [0.29, 0.717) is 30.7 Å². The zero-order valence-electron chi connectivity index (χ0n) is 17.7. The molecule has 0 aromatic heterocycles. The topological polar surface area (TPSA) is 94.1 Å². The van der Waals surface area contributed by atoms with Crippen molar-refractivity contribution in [2.24, 2.45) is 11.8 Å². The number of ether oxygens (including phenoxy) is 3. The number of hydrogen-bond donors (Lipinski definition) is 2. The summed E-state index contributed by atoms with van der Waals surface area (Å²) in [6.45, 7) is 0.600. The summed E-state index contributed by atoms with van der Waals surface area (Å²) in [4.78, 5) is 22.9. The molecule has 0 bridgehead atoms. The normalized spacial score (nSPS) is 18.2. The van der Waals surface area contributed by atoms with Crippen LogP contribution in [0.15, 0.2) is 48.5 Å². The molecule has 0 atom stereocenters. The van der Waals surface area contributed by atoms with Gasteiger partial charge in [-0.2, -0.15) is 0 Å². The molecule has 0 spiro atoms. The molecular weight excluding hydrogens is 398 g/mol. The molecule has 7 nitrogen and oxygen atoms in total. The lowest BCUT2D eigenvalue weighted by molar-refractivity contribution is -0.142. The van der Waals surface area contributed by atoms with Crippen molar-refractivity contribution < 1.29 is 28.9 Å². The van der Waals surface area contributed by atoms with E-state index in [1.165, 1.54) is 0 Å². The minimum absolute atomic E-state index is 0.249. The predicted molar refractivity (Wildman–Crippen MR) is 117 cm³/mol. The van der Waals surface area contributed by atoms with Crippen LogP contribution in [-0.4, -0.2) is 44.1 Å². The zero-order chi connectivity index (χ0) is 22.1. The second-order valence-corrected chi connectivity index (χ2v) is 7.79. The molecule has 0 heterocycles. The highest BCUT2D eigenvalue weighted by Gasteiger charge is 2.23. The molecule has 31 heavy (non-hydrogen) atoms. The minimum atomic E-state index is -0.943. The highest BCUT2D eigenvalue weighted by Crippen LogP contribution is 2.31. The third-order valence-corrected chi connectivity index (χ3v) is 5.56. The van der Waals surface area contributed by atoms with E-state index in [4.69, 9.17) is 19.3 Å². The van der Waals surface area contributed by atoms with Crippen molar-refractivity contribution in [2.75, 3.05) is 32.2 Å². The number of anilines is 1. The first-order chi connectivity index (χ1) is 15.0.